The first kappa shape index (κ1) is 25.1. The Kier molecular flexibility index (Phi) is 7.98. The van der Waals surface area contributed by atoms with Crippen molar-refractivity contribution in [3.8, 4) is 0 Å². The van der Waals surface area contributed by atoms with Gasteiger partial charge in [0, 0.05) is 11.4 Å². The van der Waals surface area contributed by atoms with E-state index >= 15 is 0 Å². The third kappa shape index (κ3) is 6.01. The molecule has 0 aliphatic rings. The minimum absolute atomic E-state index is 0.0970. The molecule has 0 aromatic carbocycles. The highest BCUT2D eigenvalue weighted by Crippen LogP contribution is 2.38. The highest BCUT2D eigenvalue weighted by Gasteiger charge is 2.43. The first-order valence-corrected chi connectivity index (χ1v) is 9.08. The van der Waals surface area contributed by atoms with E-state index in [1.165, 1.54) is 13.8 Å². The largest absolute Gasteiger partial charge is 0.465 e. The molecule has 29 heavy (non-hydrogen) atoms. The second-order valence-electron chi connectivity index (χ2n) is 7.43. The van der Waals surface area contributed by atoms with Gasteiger partial charge in [-0.3, -0.25) is 4.79 Å². The number of carbonyl (C=O) groups is 2. The molecule has 1 aromatic heterocycles. The first-order chi connectivity index (χ1) is 13.2. The molecule has 1 rings (SSSR count). The Morgan fingerprint density at radius 1 is 1.17 bits per heavy atom. The number of aromatic nitrogens is 1. The number of alkyl halides is 6. The lowest BCUT2D eigenvalue weighted by molar-refractivity contribution is -0.142. The number of hydrogen-bond donors (Lipinski definition) is 1. The van der Waals surface area contributed by atoms with Crippen molar-refractivity contribution >= 4 is 23.5 Å². The van der Waals surface area contributed by atoms with Crippen molar-refractivity contribution in [3.05, 3.63) is 28.1 Å². The van der Waals surface area contributed by atoms with Crippen LogP contribution in [0.15, 0.2) is 0 Å². The molecule has 0 saturated heterocycles. The van der Waals surface area contributed by atoms with Crippen LogP contribution in [0.1, 0.15) is 71.8 Å². The number of nitrogens with one attached hydrogen (secondary N) is 1. The minimum atomic E-state index is -5.22. The third-order valence-corrected chi connectivity index (χ3v) is 4.49. The Morgan fingerprint density at radius 2 is 1.72 bits per heavy atom. The fourth-order valence-electron chi connectivity index (χ4n) is 2.61. The van der Waals surface area contributed by atoms with Crippen molar-refractivity contribution in [3.63, 3.8) is 0 Å². The topological polar surface area (TPSA) is 68.3 Å². The molecule has 1 heterocycles. The van der Waals surface area contributed by atoms with Crippen molar-refractivity contribution < 1.29 is 36.3 Å². The van der Waals surface area contributed by atoms with E-state index in [0.717, 1.165) is 7.11 Å². The fourth-order valence-corrected chi connectivity index (χ4v) is 2.68. The molecule has 0 spiro atoms. The van der Waals surface area contributed by atoms with E-state index in [1.54, 1.807) is 13.8 Å². The van der Waals surface area contributed by atoms with Crippen LogP contribution in [0.4, 0.5) is 22.0 Å². The van der Waals surface area contributed by atoms with Crippen LogP contribution in [-0.2, 0) is 17.3 Å². The molecular weight excluding hydrogens is 423 g/mol. The molecule has 1 N–H and O–H groups in total. The van der Waals surface area contributed by atoms with E-state index < -0.39 is 58.1 Å². The average molecular weight is 445 g/mol. The summed E-state index contributed by atoms with van der Waals surface area (Å²) < 4.78 is 72.3. The third-order valence-electron chi connectivity index (χ3n) is 3.82. The van der Waals surface area contributed by atoms with Gasteiger partial charge in [-0.25, -0.2) is 18.6 Å². The van der Waals surface area contributed by atoms with Crippen LogP contribution in [0.25, 0.3) is 0 Å². The summed E-state index contributed by atoms with van der Waals surface area (Å²) in [6.45, 7) is 6.20. The quantitative estimate of drug-likeness (QED) is 0.373. The standard InChI is InChI=1S/C18H22ClF5N2O3/c1-8(2)6-9-10(15(27)26-17(3,4)7-19)12(14(20)21)25-13(18(22,23)24)11(9)16(28)29-5/h8,14H,6-7H2,1-5H3,(H,26,27). The number of nitrogens with zero attached hydrogens (tertiary/aromatic N) is 1. The van der Waals surface area contributed by atoms with Gasteiger partial charge in [0.05, 0.1) is 18.2 Å². The highest BCUT2D eigenvalue weighted by molar-refractivity contribution is 6.18. The van der Waals surface area contributed by atoms with Gasteiger partial charge in [-0.1, -0.05) is 13.8 Å². The Balaban J connectivity index is 4.02. The average Bonchev–Trinajstić information content (AvgIpc) is 2.58. The molecule has 0 atom stereocenters. The summed E-state index contributed by atoms with van der Waals surface area (Å²) >= 11 is 5.74. The first-order valence-electron chi connectivity index (χ1n) is 8.55. The lowest BCUT2D eigenvalue weighted by Gasteiger charge is -2.26. The lowest BCUT2D eigenvalue weighted by atomic mass is 9.90. The summed E-state index contributed by atoms with van der Waals surface area (Å²) in [5, 5.41) is 2.40. The van der Waals surface area contributed by atoms with Gasteiger partial charge in [-0.2, -0.15) is 13.2 Å². The van der Waals surface area contributed by atoms with E-state index in [4.69, 9.17) is 11.6 Å². The zero-order valence-corrected chi connectivity index (χ0v) is 17.3. The Hall–Kier alpha value is -1.97. The Labute approximate surface area is 170 Å². The molecule has 11 heteroatoms. The summed E-state index contributed by atoms with van der Waals surface area (Å²) in [6, 6.07) is 0. The van der Waals surface area contributed by atoms with E-state index in [0.29, 0.717) is 0 Å². The molecule has 0 radical (unpaired) electrons. The van der Waals surface area contributed by atoms with Crippen molar-refractivity contribution in [2.45, 2.75) is 52.3 Å². The molecule has 5 nitrogen and oxygen atoms in total. The number of halogens is 6. The van der Waals surface area contributed by atoms with E-state index in [2.05, 4.69) is 15.0 Å². The summed E-state index contributed by atoms with van der Waals surface area (Å²) in [5.41, 5.74) is -6.55. The predicted octanol–water partition coefficient (Wildman–Crippen LogP) is 4.77. The minimum Gasteiger partial charge on any atom is -0.465 e. The van der Waals surface area contributed by atoms with Gasteiger partial charge in [-0.05, 0) is 31.7 Å². The molecule has 0 saturated carbocycles. The van der Waals surface area contributed by atoms with Crippen LogP contribution < -0.4 is 5.32 Å². The van der Waals surface area contributed by atoms with Gasteiger partial charge < -0.3 is 10.1 Å². The van der Waals surface area contributed by atoms with Crippen LogP contribution in [0.5, 0.6) is 0 Å². The maximum absolute atomic E-state index is 13.7. The molecule has 0 bridgehead atoms. The number of carbonyl (C=O) groups excluding carboxylic acids is 2. The summed E-state index contributed by atoms with van der Waals surface area (Å²) in [4.78, 5) is 28.0. The number of pyridine rings is 1. The maximum Gasteiger partial charge on any atom is 0.434 e. The maximum atomic E-state index is 13.7. The molecule has 1 aromatic rings. The van der Waals surface area contributed by atoms with Crippen LogP contribution in [-0.4, -0.2) is 35.4 Å². The van der Waals surface area contributed by atoms with Crippen LogP contribution >= 0.6 is 11.6 Å². The summed E-state index contributed by atoms with van der Waals surface area (Å²) in [7, 11) is 0.846. The lowest BCUT2D eigenvalue weighted by Crippen LogP contribution is -2.46. The molecule has 0 aliphatic carbocycles. The Morgan fingerprint density at radius 3 is 2.10 bits per heavy atom. The fraction of sp³-hybridized carbons (Fsp3) is 0.611. The molecule has 164 valence electrons. The molecule has 1 amide bonds. The SMILES string of the molecule is COC(=O)c1c(C(F)(F)F)nc(C(F)F)c(C(=O)NC(C)(C)CCl)c1CC(C)C. The van der Waals surface area contributed by atoms with Crippen LogP contribution in [0.3, 0.4) is 0 Å². The molecular formula is C18H22ClF5N2O3. The summed E-state index contributed by atoms with van der Waals surface area (Å²) in [5.74, 6) is -3.00. The van der Waals surface area contributed by atoms with Gasteiger partial charge in [0.25, 0.3) is 12.3 Å². The van der Waals surface area contributed by atoms with Crippen molar-refractivity contribution in [1.82, 2.24) is 10.3 Å². The van der Waals surface area contributed by atoms with Crippen LogP contribution in [0.2, 0.25) is 0 Å². The van der Waals surface area contributed by atoms with E-state index in [1.807, 2.05) is 0 Å². The number of methoxy groups -OCH3 is 1. The number of hydrogen-bond acceptors (Lipinski definition) is 4. The highest BCUT2D eigenvalue weighted by atomic mass is 35.5. The van der Waals surface area contributed by atoms with Crippen molar-refractivity contribution in [2.24, 2.45) is 5.92 Å². The smallest absolute Gasteiger partial charge is 0.434 e. The zero-order chi connectivity index (χ0) is 22.7. The normalized spacial score (nSPS) is 12.4. The number of amides is 1. The second-order valence-corrected chi connectivity index (χ2v) is 7.70. The zero-order valence-electron chi connectivity index (χ0n) is 16.5. The van der Waals surface area contributed by atoms with Crippen molar-refractivity contribution in [2.75, 3.05) is 13.0 Å². The monoisotopic (exact) mass is 444 g/mol. The molecule has 0 aliphatic heterocycles. The van der Waals surface area contributed by atoms with Gasteiger partial charge >= 0.3 is 12.1 Å². The molecule has 0 fully saturated rings. The Bertz CT molecular complexity index is 780. The van der Waals surface area contributed by atoms with Gasteiger partial charge in [-0.15, -0.1) is 11.6 Å². The van der Waals surface area contributed by atoms with Gasteiger partial charge in [0.1, 0.15) is 5.69 Å². The van der Waals surface area contributed by atoms with E-state index in [9.17, 15) is 31.5 Å². The number of esters is 1. The van der Waals surface area contributed by atoms with Crippen LogP contribution in [0, 0.1) is 5.92 Å². The molecule has 0 unspecified atom stereocenters. The summed E-state index contributed by atoms with van der Waals surface area (Å²) in [6.07, 6.45) is -8.98. The number of ether oxygens (including phenoxy) is 1. The number of rotatable bonds is 7. The predicted molar refractivity (Wildman–Crippen MR) is 96.3 cm³/mol. The van der Waals surface area contributed by atoms with Crippen molar-refractivity contribution in [1.29, 1.82) is 0 Å². The van der Waals surface area contributed by atoms with Gasteiger partial charge in [0.15, 0.2) is 5.69 Å². The second kappa shape index (κ2) is 9.23. The van der Waals surface area contributed by atoms with Gasteiger partial charge in [0.2, 0.25) is 0 Å². The van der Waals surface area contributed by atoms with E-state index in [-0.39, 0.29) is 18.2 Å².